The van der Waals surface area contributed by atoms with Crippen LogP contribution in [0.25, 0.3) is 0 Å². The smallest absolute Gasteiger partial charge is 0.108 e. The van der Waals surface area contributed by atoms with Crippen LogP contribution in [0.4, 0.5) is 0 Å². The summed E-state index contributed by atoms with van der Waals surface area (Å²) < 4.78 is 0. The Bertz CT molecular complexity index is 153. The maximum absolute atomic E-state index is 9.42. The number of rotatable bonds is 4. The first-order chi connectivity index (χ1) is 6.65. The molecule has 4 heteroatoms. The first-order valence-corrected chi connectivity index (χ1v) is 5.41. The fourth-order valence-corrected chi connectivity index (χ4v) is 1.84. The number of β-amino-alcohol motifs (C(OH)–C–C–N with tert-alkyl or cyclic N) is 2. The fraction of sp³-hybridized carbons (Fsp3) is 1.00. The summed E-state index contributed by atoms with van der Waals surface area (Å²) in [6, 6.07) is 0. The molecule has 3 N–H and O–H groups in total. The monoisotopic (exact) mass is 203 g/mol. The Hall–Kier alpha value is -0.160. The summed E-state index contributed by atoms with van der Waals surface area (Å²) in [5.74, 6) is 0. The Morgan fingerprint density at radius 1 is 1.07 bits per heavy atom. The van der Waals surface area contributed by atoms with Gasteiger partial charge in [-0.15, -0.1) is 0 Å². The summed E-state index contributed by atoms with van der Waals surface area (Å²) in [7, 11) is 0. The molecule has 0 aliphatic carbocycles. The Balaban J connectivity index is 2.27. The quantitative estimate of drug-likeness (QED) is 0.543. The predicted molar refractivity (Wildman–Crippen MR) is 54.0 cm³/mol. The molecule has 0 aromatic rings. The van der Waals surface area contributed by atoms with E-state index in [1.54, 1.807) is 0 Å². The molecule has 0 radical (unpaired) electrons. The second kappa shape index (κ2) is 5.66. The Morgan fingerprint density at radius 3 is 2.14 bits per heavy atom. The summed E-state index contributed by atoms with van der Waals surface area (Å²) in [6.07, 6.45) is 0.844. The third-order valence-electron chi connectivity index (χ3n) is 2.76. The highest BCUT2D eigenvalue weighted by molar-refractivity contribution is 4.86. The summed E-state index contributed by atoms with van der Waals surface area (Å²) in [5.41, 5.74) is 0. The van der Waals surface area contributed by atoms with Crippen LogP contribution in [0.1, 0.15) is 26.2 Å². The van der Waals surface area contributed by atoms with E-state index in [9.17, 15) is 15.3 Å². The van der Waals surface area contributed by atoms with Crippen LogP contribution >= 0.6 is 0 Å². The second-order valence-corrected chi connectivity index (χ2v) is 4.09. The van der Waals surface area contributed by atoms with E-state index in [-0.39, 0.29) is 0 Å². The number of piperidine rings is 1. The van der Waals surface area contributed by atoms with Crippen molar-refractivity contribution < 1.29 is 15.3 Å². The molecule has 1 aliphatic rings. The average Bonchev–Trinajstić information content (AvgIpc) is 2.14. The van der Waals surface area contributed by atoms with Gasteiger partial charge < -0.3 is 15.3 Å². The van der Waals surface area contributed by atoms with Crippen LogP contribution in [0.3, 0.4) is 0 Å². The standard InChI is InChI=1S/C10H21NO3/c1-2-3-4-5-11-6-8(12)10(14)9(13)7-11/h8-10,12-14H,2-7H2,1H3/t8-,9+,10+. The van der Waals surface area contributed by atoms with Gasteiger partial charge in [-0.25, -0.2) is 0 Å². The van der Waals surface area contributed by atoms with Gasteiger partial charge in [-0.1, -0.05) is 19.8 Å². The number of aliphatic hydroxyl groups excluding tert-OH is 3. The summed E-state index contributed by atoms with van der Waals surface area (Å²) in [6.45, 7) is 3.99. The summed E-state index contributed by atoms with van der Waals surface area (Å²) in [4.78, 5) is 2.01. The van der Waals surface area contributed by atoms with Crippen molar-refractivity contribution in [2.75, 3.05) is 19.6 Å². The highest BCUT2D eigenvalue weighted by Gasteiger charge is 2.32. The van der Waals surface area contributed by atoms with E-state index in [2.05, 4.69) is 6.92 Å². The van der Waals surface area contributed by atoms with Crippen LogP contribution in [0, 0.1) is 0 Å². The molecule has 0 bridgehead atoms. The van der Waals surface area contributed by atoms with Gasteiger partial charge in [0.15, 0.2) is 0 Å². The molecule has 4 nitrogen and oxygen atoms in total. The summed E-state index contributed by atoms with van der Waals surface area (Å²) in [5, 5.41) is 28.2. The molecule has 84 valence electrons. The highest BCUT2D eigenvalue weighted by Crippen LogP contribution is 2.12. The third kappa shape index (κ3) is 3.20. The molecule has 1 fully saturated rings. The van der Waals surface area contributed by atoms with E-state index in [1.807, 2.05) is 4.90 Å². The van der Waals surface area contributed by atoms with Crippen molar-refractivity contribution in [2.24, 2.45) is 0 Å². The molecule has 0 amide bonds. The van der Waals surface area contributed by atoms with Gasteiger partial charge >= 0.3 is 0 Å². The zero-order valence-electron chi connectivity index (χ0n) is 8.76. The van der Waals surface area contributed by atoms with Crippen molar-refractivity contribution in [3.05, 3.63) is 0 Å². The van der Waals surface area contributed by atoms with E-state index in [4.69, 9.17) is 0 Å². The number of hydrogen-bond donors (Lipinski definition) is 3. The molecular formula is C10H21NO3. The number of aliphatic hydroxyl groups is 3. The Kier molecular flexibility index (Phi) is 4.81. The number of likely N-dealkylation sites (tertiary alicyclic amines) is 1. The minimum absolute atomic E-state index is 0.474. The van der Waals surface area contributed by atoms with Gasteiger partial charge in [0.05, 0.1) is 12.2 Å². The topological polar surface area (TPSA) is 63.9 Å². The van der Waals surface area contributed by atoms with Crippen LogP contribution in [0.5, 0.6) is 0 Å². The maximum atomic E-state index is 9.42. The number of nitrogens with zero attached hydrogens (tertiary/aromatic N) is 1. The minimum atomic E-state index is -0.975. The van der Waals surface area contributed by atoms with Gasteiger partial charge in [0.1, 0.15) is 6.10 Å². The molecule has 0 aromatic heterocycles. The second-order valence-electron chi connectivity index (χ2n) is 4.09. The van der Waals surface area contributed by atoms with Crippen molar-refractivity contribution in [3.8, 4) is 0 Å². The molecule has 0 unspecified atom stereocenters. The lowest BCUT2D eigenvalue weighted by molar-refractivity contribution is -0.109. The van der Waals surface area contributed by atoms with Crippen LogP contribution in [0.2, 0.25) is 0 Å². The molecule has 1 rings (SSSR count). The molecule has 0 aromatic carbocycles. The minimum Gasteiger partial charge on any atom is -0.389 e. The van der Waals surface area contributed by atoms with Crippen LogP contribution < -0.4 is 0 Å². The Labute approximate surface area is 85.2 Å². The van der Waals surface area contributed by atoms with E-state index in [0.29, 0.717) is 13.1 Å². The summed E-state index contributed by atoms with van der Waals surface area (Å²) >= 11 is 0. The SMILES string of the molecule is CCCCCN1C[C@@H](O)[C@H](O)[C@@H](O)C1. The van der Waals surface area contributed by atoms with Crippen molar-refractivity contribution in [3.63, 3.8) is 0 Å². The lowest BCUT2D eigenvalue weighted by Crippen LogP contribution is -2.55. The largest absolute Gasteiger partial charge is 0.389 e. The van der Waals surface area contributed by atoms with E-state index >= 15 is 0 Å². The van der Waals surface area contributed by atoms with Crippen molar-refractivity contribution in [1.82, 2.24) is 4.90 Å². The first-order valence-electron chi connectivity index (χ1n) is 5.41. The third-order valence-corrected chi connectivity index (χ3v) is 2.76. The predicted octanol–water partition coefficient (Wildman–Crippen LogP) is -0.425. The Morgan fingerprint density at radius 2 is 1.64 bits per heavy atom. The molecule has 0 spiro atoms. The van der Waals surface area contributed by atoms with Crippen molar-refractivity contribution in [1.29, 1.82) is 0 Å². The maximum Gasteiger partial charge on any atom is 0.108 e. The molecule has 1 saturated heterocycles. The van der Waals surface area contributed by atoms with Crippen LogP contribution in [-0.4, -0.2) is 58.2 Å². The highest BCUT2D eigenvalue weighted by atomic mass is 16.4. The zero-order chi connectivity index (χ0) is 10.6. The lowest BCUT2D eigenvalue weighted by atomic mass is 10.0. The van der Waals surface area contributed by atoms with E-state index < -0.39 is 18.3 Å². The lowest BCUT2D eigenvalue weighted by Gasteiger charge is -2.36. The van der Waals surface area contributed by atoms with Crippen molar-refractivity contribution >= 4 is 0 Å². The van der Waals surface area contributed by atoms with Crippen LogP contribution in [-0.2, 0) is 0 Å². The van der Waals surface area contributed by atoms with E-state index in [1.165, 1.54) is 12.8 Å². The molecular weight excluding hydrogens is 182 g/mol. The van der Waals surface area contributed by atoms with Crippen molar-refractivity contribution in [2.45, 2.75) is 44.5 Å². The van der Waals surface area contributed by atoms with Gasteiger partial charge in [-0.2, -0.15) is 0 Å². The first kappa shape index (κ1) is 11.9. The molecule has 3 atom stereocenters. The fourth-order valence-electron chi connectivity index (χ4n) is 1.84. The average molecular weight is 203 g/mol. The van der Waals surface area contributed by atoms with E-state index in [0.717, 1.165) is 13.0 Å². The molecule has 14 heavy (non-hydrogen) atoms. The molecule has 0 saturated carbocycles. The normalized spacial score (nSPS) is 34.7. The number of hydrogen-bond acceptors (Lipinski definition) is 4. The van der Waals surface area contributed by atoms with Gasteiger partial charge in [-0.05, 0) is 13.0 Å². The van der Waals surface area contributed by atoms with Gasteiger partial charge in [0.25, 0.3) is 0 Å². The number of unbranched alkanes of at least 4 members (excludes halogenated alkanes) is 2. The van der Waals surface area contributed by atoms with Gasteiger partial charge in [0, 0.05) is 13.1 Å². The van der Waals surface area contributed by atoms with Gasteiger partial charge in [0.2, 0.25) is 0 Å². The molecule has 1 aliphatic heterocycles. The zero-order valence-corrected chi connectivity index (χ0v) is 8.76. The van der Waals surface area contributed by atoms with Gasteiger partial charge in [-0.3, -0.25) is 4.90 Å². The molecule has 1 heterocycles. The van der Waals surface area contributed by atoms with Crippen LogP contribution in [0.15, 0.2) is 0 Å².